The number of rotatable bonds is 4. The Balaban J connectivity index is 1.67. The summed E-state index contributed by atoms with van der Waals surface area (Å²) in [4.78, 5) is 23.7. The minimum absolute atomic E-state index is 0.0112. The Hall–Kier alpha value is -1.89. The molecule has 1 fully saturated rings. The van der Waals surface area contributed by atoms with Crippen molar-refractivity contribution in [1.82, 2.24) is 4.31 Å². The lowest BCUT2D eigenvalue weighted by Gasteiger charge is -2.14. The summed E-state index contributed by atoms with van der Waals surface area (Å²) in [6, 6.07) is 6.07. The highest BCUT2D eigenvalue weighted by molar-refractivity contribution is 7.90. The number of carbonyl (C=O) groups is 2. The third-order valence-corrected chi connectivity index (χ3v) is 5.70. The van der Waals surface area contributed by atoms with Crippen molar-refractivity contribution in [2.24, 2.45) is 11.8 Å². The van der Waals surface area contributed by atoms with Crippen LogP contribution in [0, 0.1) is 11.8 Å². The number of fused-ring (bicyclic) bond motifs is 1. The minimum Gasteiger partial charge on any atom is -0.464 e. The minimum atomic E-state index is -3.82. The fourth-order valence-electron chi connectivity index (χ4n) is 2.44. The fraction of sp³-hybridized carbons (Fsp3) is 0.429. The highest BCUT2D eigenvalue weighted by Gasteiger charge is 2.42. The average molecular weight is 309 g/mol. The van der Waals surface area contributed by atoms with Crippen LogP contribution >= 0.6 is 0 Å². The first kappa shape index (κ1) is 14.1. The van der Waals surface area contributed by atoms with E-state index in [4.69, 9.17) is 4.74 Å². The second-order valence-electron chi connectivity index (χ2n) is 5.37. The van der Waals surface area contributed by atoms with Crippen LogP contribution in [0.5, 0.6) is 0 Å². The van der Waals surface area contributed by atoms with Crippen LogP contribution in [-0.4, -0.2) is 37.8 Å². The summed E-state index contributed by atoms with van der Waals surface area (Å²) in [5.41, 5.74) is 0.166. The van der Waals surface area contributed by atoms with E-state index in [1.807, 2.05) is 6.92 Å². The van der Waals surface area contributed by atoms with Crippen molar-refractivity contribution in [2.45, 2.75) is 18.2 Å². The Morgan fingerprint density at radius 2 is 2.05 bits per heavy atom. The highest BCUT2D eigenvalue weighted by atomic mass is 32.2. The van der Waals surface area contributed by atoms with Gasteiger partial charge in [0.05, 0.1) is 18.0 Å². The SMILES string of the molecule is C[C@@H]1C[C@H]1C(=O)OCCN1C(=O)c2ccccc2S1(=O)=O. The summed E-state index contributed by atoms with van der Waals surface area (Å²) in [6.45, 7) is 1.70. The zero-order valence-electron chi connectivity index (χ0n) is 11.5. The molecule has 112 valence electrons. The zero-order chi connectivity index (χ0) is 15.2. The van der Waals surface area contributed by atoms with E-state index < -0.39 is 15.9 Å². The predicted molar refractivity (Wildman–Crippen MR) is 72.9 cm³/mol. The second-order valence-corrected chi connectivity index (χ2v) is 7.20. The van der Waals surface area contributed by atoms with Gasteiger partial charge in [-0.15, -0.1) is 0 Å². The second kappa shape index (κ2) is 4.84. The molecule has 1 aromatic rings. The number of amides is 1. The summed E-state index contributed by atoms with van der Waals surface area (Å²) < 4.78 is 30.3. The number of ether oxygens (including phenoxy) is 1. The molecule has 1 amide bonds. The summed E-state index contributed by atoms with van der Waals surface area (Å²) in [5.74, 6) is -0.627. The maximum Gasteiger partial charge on any atom is 0.309 e. The van der Waals surface area contributed by atoms with Crippen molar-refractivity contribution in [1.29, 1.82) is 0 Å². The van der Waals surface area contributed by atoms with Crippen LogP contribution in [0.1, 0.15) is 23.7 Å². The summed E-state index contributed by atoms with van der Waals surface area (Å²) >= 11 is 0. The maximum absolute atomic E-state index is 12.2. The molecule has 0 bridgehead atoms. The lowest BCUT2D eigenvalue weighted by atomic mass is 10.2. The van der Waals surface area contributed by atoms with Crippen molar-refractivity contribution in [3.63, 3.8) is 0 Å². The smallest absolute Gasteiger partial charge is 0.309 e. The highest BCUT2D eigenvalue weighted by Crippen LogP contribution is 2.38. The largest absolute Gasteiger partial charge is 0.464 e. The normalized spacial score (nSPS) is 25.6. The average Bonchev–Trinajstić information content (AvgIpc) is 3.15. The first-order chi connectivity index (χ1) is 9.93. The van der Waals surface area contributed by atoms with Crippen LogP contribution in [-0.2, 0) is 19.6 Å². The topological polar surface area (TPSA) is 80.8 Å². The third-order valence-electron chi connectivity index (χ3n) is 3.86. The predicted octanol–water partition coefficient (Wildman–Crippen LogP) is 1.03. The first-order valence-corrected chi connectivity index (χ1v) is 8.19. The van der Waals surface area contributed by atoms with Crippen LogP contribution in [0.15, 0.2) is 29.2 Å². The van der Waals surface area contributed by atoms with Gasteiger partial charge in [-0.05, 0) is 24.5 Å². The van der Waals surface area contributed by atoms with Gasteiger partial charge < -0.3 is 4.74 Å². The molecule has 0 spiro atoms. The Kier molecular flexibility index (Phi) is 3.24. The molecule has 2 atom stereocenters. The van der Waals surface area contributed by atoms with Gasteiger partial charge in [0.2, 0.25) is 0 Å². The number of esters is 1. The molecule has 1 saturated carbocycles. The molecule has 7 heteroatoms. The number of hydrogen-bond acceptors (Lipinski definition) is 5. The van der Waals surface area contributed by atoms with E-state index in [0.717, 1.165) is 10.7 Å². The number of hydrogen-bond donors (Lipinski definition) is 0. The van der Waals surface area contributed by atoms with E-state index in [-0.39, 0.29) is 35.5 Å². The van der Waals surface area contributed by atoms with Crippen molar-refractivity contribution in [3.8, 4) is 0 Å². The molecule has 1 heterocycles. The van der Waals surface area contributed by atoms with Gasteiger partial charge in [-0.25, -0.2) is 12.7 Å². The van der Waals surface area contributed by atoms with Gasteiger partial charge in [0.1, 0.15) is 11.5 Å². The number of benzene rings is 1. The molecule has 0 saturated heterocycles. The van der Waals surface area contributed by atoms with Gasteiger partial charge >= 0.3 is 5.97 Å². The van der Waals surface area contributed by atoms with Gasteiger partial charge in [0.25, 0.3) is 15.9 Å². The quantitative estimate of drug-likeness (QED) is 0.776. The van der Waals surface area contributed by atoms with Crippen LogP contribution in [0.25, 0.3) is 0 Å². The summed E-state index contributed by atoms with van der Waals surface area (Å²) in [7, 11) is -3.82. The standard InChI is InChI=1S/C14H15NO5S/c1-9-8-11(9)14(17)20-7-6-15-13(16)10-4-2-3-5-12(10)21(15,18)19/h2-5,9,11H,6-8H2,1H3/t9-,11-/m1/s1. The maximum atomic E-state index is 12.2. The third kappa shape index (κ3) is 2.31. The van der Waals surface area contributed by atoms with Crippen LogP contribution in [0.3, 0.4) is 0 Å². The van der Waals surface area contributed by atoms with Crippen LogP contribution < -0.4 is 0 Å². The van der Waals surface area contributed by atoms with E-state index in [0.29, 0.717) is 5.92 Å². The summed E-state index contributed by atoms with van der Waals surface area (Å²) in [6.07, 6.45) is 0.811. The molecule has 21 heavy (non-hydrogen) atoms. The van der Waals surface area contributed by atoms with E-state index in [1.54, 1.807) is 12.1 Å². The number of nitrogens with zero attached hydrogens (tertiary/aromatic N) is 1. The number of carbonyl (C=O) groups excluding carboxylic acids is 2. The van der Waals surface area contributed by atoms with Crippen molar-refractivity contribution in [2.75, 3.05) is 13.2 Å². The van der Waals surface area contributed by atoms with Gasteiger partial charge in [0.15, 0.2) is 0 Å². The molecule has 0 unspecified atom stereocenters. The molecule has 2 aliphatic rings. The molecule has 0 radical (unpaired) electrons. The van der Waals surface area contributed by atoms with E-state index in [9.17, 15) is 18.0 Å². The molecule has 6 nitrogen and oxygen atoms in total. The van der Waals surface area contributed by atoms with Crippen molar-refractivity contribution < 1.29 is 22.7 Å². The molecule has 0 N–H and O–H groups in total. The van der Waals surface area contributed by atoms with Crippen LogP contribution in [0.4, 0.5) is 0 Å². The molecular weight excluding hydrogens is 294 g/mol. The Morgan fingerprint density at radius 3 is 2.67 bits per heavy atom. The van der Waals surface area contributed by atoms with Crippen molar-refractivity contribution >= 4 is 21.9 Å². The Labute approximate surface area is 122 Å². The molecular formula is C14H15NO5S. The summed E-state index contributed by atoms with van der Waals surface area (Å²) in [5, 5.41) is 0. The number of sulfonamides is 1. The van der Waals surface area contributed by atoms with E-state index >= 15 is 0 Å². The van der Waals surface area contributed by atoms with Crippen molar-refractivity contribution in [3.05, 3.63) is 29.8 Å². The van der Waals surface area contributed by atoms with E-state index in [1.165, 1.54) is 12.1 Å². The van der Waals surface area contributed by atoms with Gasteiger partial charge in [-0.2, -0.15) is 0 Å². The fourth-order valence-corrected chi connectivity index (χ4v) is 3.99. The molecule has 1 aliphatic carbocycles. The van der Waals surface area contributed by atoms with Gasteiger partial charge in [-0.1, -0.05) is 19.1 Å². The lowest BCUT2D eigenvalue weighted by molar-refractivity contribution is -0.145. The van der Waals surface area contributed by atoms with Crippen LogP contribution in [0.2, 0.25) is 0 Å². The molecule has 3 rings (SSSR count). The monoisotopic (exact) mass is 309 g/mol. The first-order valence-electron chi connectivity index (χ1n) is 6.75. The molecule has 0 aromatic heterocycles. The molecule has 1 aromatic carbocycles. The molecule has 1 aliphatic heterocycles. The zero-order valence-corrected chi connectivity index (χ0v) is 12.3. The lowest BCUT2D eigenvalue weighted by Crippen LogP contribution is -2.33. The Morgan fingerprint density at radius 1 is 1.38 bits per heavy atom. The van der Waals surface area contributed by atoms with Gasteiger partial charge in [0, 0.05) is 0 Å². The van der Waals surface area contributed by atoms with Gasteiger partial charge in [-0.3, -0.25) is 9.59 Å². The van der Waals surface area contributed by atoms with E-state index in [2.05, 4.69) is 0 Å². The Bertz CT molecular complexity index is 712.